The topological polar surface area (TPSA) is 120 Å². The fourth-order valence-electron chi connectivity index (χ4n) is 4.08. The summed E-state index contributed by atoms with van der Waals surface area (Å²) in [5.41, 5.74) is 11.7. The largest absolute Gasteiger partial charge is 0.693 e. The van der Waals surface area contributed by atoms with E-state index < -0.39 is 0 Å². The Morgan fingerprint density at radius 2 is 1.82 bits per heavy atom. The van der Waals surface area contributed by atoms with Crippen LogP contribution in [-0.2, 0) is 46.3 Å². The zero-order chi connectivity index (χ0) is 22.5. The maximum Gasteiger partial charge on any atom is 0.256 e. The number of carbonyl (C=O) groups is 1. The minimum atomic E-state index is -0.298. The fraction of sp³-hybridized carbons (Fsp3) is 0.375. The number of aryl methyl sites for hydroxylation is 1. The Hall–Kier alpha value is -2.04. The monoisotopic (exact) mass is 540 g/mol. The molecule has 1 radical (unpaired) electrons. The Kier molecular flexibility index (Phi) is 10.9. The van der Waals surface area contributed by atoms with E-state index in [0.717, 1.165) is 54.7 Å². The summed E-state index contributed by atoms with van der Waals surface area (Å²) < 4.78 is 15.1. The van der Waals surface area contributed by atoms with Gasteiger partial charge in [0, 0.05) is 75.4 Å². The standard InChI is InChI=1S/C24H28FN6O.H2N.Y/c1-30-15-20(23(29-30)17-5-7-18(25)8-6-17)19-9-13-28-21-16-31(24(32)22(19)21)14-3-2-11-27-12-4-10-26;;/h5-9,13,15,26-27H,2-4,10-12,14,16H2,1H3;1H2;/q2*-1;. The van der Waals surface area contributed by atoms with Gasteiger partial charge in [0.05, 0.1) is 17.8 Å². The number of hydrogen-bond donors (Lipinski definition) is 1. The molecule has 0 bridgehead atoms. The average Bonchev–Trinajstić information content (AvgIpc) is 3.33. The normalized spacial score (nSPS) is 12.3. The molecule has 1 amide bonds. The van der Waals surface area contributed by atoms with Crippen LogP contribution in [0.1, 0.15) is 35.3 Å². The van der Waals surface area contributed by atoms with Crippen LogP contribution in [0, 0.1) is 5.82 Å². The Morgan fingerprint density at radius 3 is 2.56 bits per heavy atom. The molecule has 1 aliphatic heterocycles. The molecule has 1 aliphatic rings. The number of unbranched alkanes of at least 4 members (excludes halogenated alkanes) is 1. The Labute approximate surface area is 225 Å². The zero-order valence-electron chi connectivity index (χ0n) is 19.4. The molecule has 4 rings (SSSR count). The zero-order valence-corrected chi connectivity index (χ0v) is 22.3. The third-order valence-corrected chi connectivity index (χ3v) is 5.67. The first-order chi connectivity index (χ1) is 15.6. The maximum absolute atomic E-state index is 13.4. The van der Waals surface area contributed by atoms with Gasteiger partial charge < -0.3 is 22.1 Å². The molecule has 4 N–H and O–H groups in total. The van der Waals surface area contributed by atoms with Crippen molar-refractivity contribution in [1.82, 2.24) is 25.0 Å². The van der Waals surface area contributed by atoms with Crippen LogP contribution < -0.4 is 5.32 Å². The predicted molar refractivity (Wildman–Crippen MR) is 128 cm³/mol. The molecule has 10 heteroatoms. The van der Waals surface area contributed by atoms with Gasteiger partial charge in [-0.05, 0) is 56.3 Å². The molecule has 0 unspecified atom stereocenters. The minimum Gasteiger partial charge on any atom is -0.693 e. The van der Waals surface area contributed by atoms with Gasteiger partial charge >= 0.3 is 0 Å². The number of hydrogen-bond acceptors (Lipinski definition) is 4. The van der Waals surface area contributed by atoms with Gasteiger partial charge in [0.1, 0.15) is 11.5 Å². The summed E-state index contributed by atoms with van der Waals surface area (Å²) in [7, 11) is 1.84. The summed E-state index contributed by atoms with van der Waals surface area (Å²) in [6.45, 7) is 3.41. The van der Waals surface area contributed by atoms with Gasteiger partial charge in [0.2, 0.25) is 0 Å². The van der Waals surface area contributed by atoms with Crippen molar-refractivity contribution in [3.05, 3.63) is 71.7 Å². The van der Waals surface area contributed by atoms with Crippen molar-refractivity contribution in [2.75, 3.05) is 26.2 Å². The van der Waals surface area contributed by atoms with E-state index in [1.54, 1.807) is 23.0 Å². The summed E-state index contributed by atoms with van der Waals surface area (Å²) in [6.07, 6.45) is 6.39. The molecule has 0 saturated heterocycles. The van der Waals surface area contributed by atoms with Crippen LogP contribution in [0.4, 0.5) is 4.39 Å². The summed E-state index contributed by atoms with van der Waals surface area (Å²) in [5, 5.41) is 7.91. The molecule has 0 fully saturated rings. The number of rotatable bonds is 10. The van der Waals surface area contributed by atoms with Crippen LogP contribution in [0.15, 0.2) is 42.7 Å². The maximum atomic E-state index is 13.4. The van der Waals surface area contributed by atoms with Crippen LogP contribution >= 0.6 is 0 Å². The van der Waals surface area contributed by atoms with Gasteiger partial charge in [-0.2, -0.15) is 5.10 Å². The van der Waals surface area contributed by atoms with Gasteiger partial charge in [-0.1, -0.05) is 6.42 Å². The van der Waals surface area contributed by atoms with E-state index in [2.05, 4.69) is 15.4 Å². The molecule has 0 spiro atoms. The molecule has 0 aliphatic carbocycles. The number of halogens is 1. The number of pyridine rings is 1. The van der Waals surface area contributed by atoms with E-state index in [1.165, 1.54) is 12.1 Å². The minimum absolute atomic E-state index is 0. The smallest absolute Gasteiger partial charge is 0.256 e. The summed E-state index contributed by atoms with van der Waals surface area (Å²) in [4.78, 5) is 19.6. The average molecular weight is 540 g/mol. The van der Waals surface area contributed by atoms with Crippen molar-refractivity contribution in [2.45, 2.75) is 25.8 Å². The number of aromatic nitrogens is 3. The molecule has 34 heavy (non-hydrogen) atoms. The number of carbonyl (C=O) groups excluding carboxylic acids is 1. The van der Waals surface area contributed by atoms with E-state index in [1.807, 2.05) is 24.2 Å². The Morgan fingerprint density at radius 1 is 1.09 bits per heavy atom. The number of fused-ring (bicyclic) bond motifs is 1. The number of nitrogens with two attached hydrogens (primary N) is 1. The predicted octanol–water partition coefficient (Wildman–Crippen LogP) is 4.77. The van der Waals surface area contributed by atoms with E-state index in [4.69, 9.17) is 5.73 Å². The van der Waals surface area contributed by atoms with Gasteiger partial charge in [-0.25, -0.2) is 4.39 Å². The van der Waals surface area contributed by atoms with Crippen molar-refractivity contribution in [3.63, 3.8) is 0 Å². The second-order valence-electron chi connectivity index (χ2n) is 8.04. The third kappa shape index (κ3) is 6.34. The van der Waals surface area contributed by atoms with Crippen molar-refractivity contribution >= 4 is 5.91 Å². The Bertz CT molecular complexity index is 1090. The number of amides is 1. The van der Waals surface area contributed by atoms with E-state index >= 15 is 0 Å². The van der Waals surface area contributed by atoms with Crippen molar-refractivity contribution in [3.8, 4) is 22.4 Å². The van der Waals surface area contributed by atoms with E-state index in [-0.39, 0.29) is 50.6 Å². The van der Waals surface area contributed by atoms with Crippen molar-refractivity contribution in [1.29, 1.82) is 0 Å². The van der Waals surface area contributed by atoms with E-state index in [0.29, 0.717) is 30.9 Å². The van der Waals surface area contributed by atoms with Crippen LogP contribution in [0.25, 0.3) is 34.3 Å². The van der Waals surface area contributed by atoms with Gasteiger partial charge in [0.15, 0.2) is 0 Å². The van der Waals surface area contributed by atoms with Crippen molar-refractivity contribution < 1.29 is 41.9 Å². The van der Waals surface area contributed by atoms with Gasteiger partial charge in [-0.15, -0.1) is 6.54 Å². The molecule has 3 aromatic rings. The number of benzene rings is 1. The fourth-order valence-corrected chi connectivity index (χ4v) is 4.08. The summed E-state index contributed by atoms with van der Waals surface area (Å²) in [6, 6.07) is 8.10. The molecule has 0 saturated carbocycles. The van der Waals surface area contributed by atoms with Gasteiger partial charge in [-0.3, -0.25) is 14.5 Å². The van der Waals surface area contributed by atoms with Crippen LogP contribution in [0.3, 0.4) is 0 Å². The number of nitrogens with zero attached hydrogens (tertiary/aromatic N) is 4. The molecule has 8 nitrogen and oxygen atoms in total. The first-order valence-electron chi connectivity index (χ1n) is 11.0. The third-order valence-electron chi connectivity index (χ3n) is 5.67. The Balaban J connectivity index is 0.00000204. The molecule has 179 valence electrons. The number of nitrogens with one attached hydrogen (secondary N) is 2. The summed E-state index contributed by atoms with van der Waals surface area (Å²) in [5.74, 6) is -0.299. The first kappa shape index (κ1) is 28.2. The van der Waals surface area contributed by atoms with Gasteiger partial charge in [0.25, 0.3) is 5.91 Å². The van der Waals surface area contributed by atoms with Crippen LogP contribution in [0.2, 0.25) is 0 Å². The second kappa shape index (κ2) is 13.2. The molecular formula is C24H30FN7OY-2. The van der Waals surface area contributed by atoms with Crippen molar-refractivity contribution in [2.24, 2.45) is 7.05 Å². The summed E-state index contributed by atoms with van der Waals surface area (Å²) >= 11 is 0. The molecule has 0 atom stereocenters. The molecular weight excluding hydrogens is 510 g/mol. The van der Waals surface area contributed by atoms with Crippen LogP contribution in [0.5, 0.6) is 0 Å². The first-order valence-corrected chi connectivity index (χ1v) is 11.0. The van der Waals surface area contributed by atoms with Crippen LogP contribution in [-0.4, -0.2) is 51.8 Å². The SMILES string of the molecule is Cn1cc(-c2ccnc3c2C(=O)N(CCCCNCCC[NH-])C3)c(-c2ccc(F)cc2)n1.[NH2-].[Y]. The van der Waals surface area contributed by atoms with E-state index in [9.17, 15) is 9.18 Å². The molecule has 1 aromatic carbocycles. The molecule has 3 heterocycles. The molecule has 2 aromatic heterocycles. The second-order valence-corrected chi connectivity index (χ2v) is 8.04. The quantitative estimate of drug-likeness (QED) is 0.373.